The lowest BCUT2D eigenvalue weighted by atomic mass is 9.91. The zero-order chi connectivity index (χ0) is 13.6. The molecule has 0 bridgehead atoms. The molecule has 3 rings (SSSR count). The zero-order valence-electron chi connectivity index (χ0n) is 11.4. The lowest BCUT2D eigenvalue weighted by molar-refractivity contribution is 0.261. The van der Waals surface area contributed by atoms with Crippen molar-refractivity contribution in [3.05, 3.63) is 28.2 Å². The Kier molecular flexibility index (Phi) is 3.45. The normalized spacial score (nSPS) is 31.6. The zero-order valence-corrected chi connectivity index (χ0v) is 12.9. The van der Waals surface area contributed by atoms with Crippen LogP contribution in [0.3, 0.4) is 0 Å². The molecule has 1 aromatic carbocycles. The number of hydrogen-bond acceptors (Lipinski definition) is 2. The van der Waals surface area contributed by atoms with E-state index >= 15 is 0 Å². The first-order valence-electron chi connectivity index (χ1n) is 6.96. The third-order valence-electron chi connectivity index (χ3n) is 4.53. The van der Waals surface area contributed by atoms with Crippen molar-refractivity contribution in [2.24, 2.45) is 5.92 Å². The fourth-order valence-electron chi connectivity index (χ4n) is 3.08. The standard InChI is InChI=1S/C15H20Cl2N2/c1-10-8-18-15(2,11-3-4-11)9-19(10)14-7-12(16)5-6-13(14)17/h5-7,10-11,18H,3-4,8-9H2,1-2H3. The summed E-state index contributed by atoms with van der Waals surface area (Å²) in [5.41, 5.74) is 1.27. The number of hydrogen-bond donors (Lipinski definition) is 1. The van der Waals surface area contributed by atoms with Crippen LogP contribution in [0.25, 0.3) is 0 Å². The van der Waals surface area contributed by atoms with E-state index in [1.165, 1.54) is 12.8 Å². The van der Waals surface area contributed by atoms with Gasteiger partial charge < -0.3 is 10.2 Å². The van der Waals surface area contributed by atoms with Crippen LogP contribution in [-0.2, 0) is 0 Å². The van der Waals surface area contributed by atoms with Gasteiger partial charge in [0.25, 0.3) is 0 Å². The Hall–Kier alpha value is -0.440. The Balaban J connectivity index is 1.90. The van der Waals surface area contributed by atoms with Gasteiger partial charge in [0.2, 0.25) is 0 Å². The molecule has 1 heterocycles. The molecule has 1 aliphatic carbocycles. The van der Waals surface area contributed by atoms with Crippen LogP contribution in [-0.4, -0.2) is 24.7 Å². The first kappa shape index (κ1) is 13.5. The largest absolute Gasteiger partial charge is 0.364 e. The van der Waals surface area contributed by atoms with Crippen molar-refractivity contribution in [2.45, 2.75) is 38.3 Å². The second-order valence-electron chi connectivity index (χ2n) is 6.15. The molecule has 2 unspecified atom stereocenters. The topological polar surface area (TPSA) is 15.3 Å². The number of rotatable bonds is 2. The number of anilines is 1. The van der Waals surface area contributed by atoms with Gasteiger partial charge in [-0.05, 0) is 50.8 Å². The van der Waals surface area contributed by atoms with Crippen LogP contribution in [0.15, 0.2) is 18.2 Å². The van der Waals surface area contributed by atoms with Gasteiger partial charge in [0.15, 0.2) is 0 Å². The van der Waals surface area contributed by atoms with Crippen LogP contribution in [0.5, 0.6) is 0 Å². The van der Waals surface area contributed by atoms with E-state index in [1.807, 2.05) is 18.2 Å². The molecule has 0 amide bonds. The van der Waals surface area contributed by atoms with Crippen LogP contribution in [0.2, 0.25) is 10.0 Å². The molecule has 0 spiro atoms. The summed E-state index contributed by atoms with van der Waals surface area (Å²) in [5, 5.41) is 5.26. The first-order chi connectivity index (χ1) is 8.99. The van der Waals surface area contributed by atoms with Crippen molar-refractivity contribution in [1.29, 1.82) is 0 Å². The minimum absolute atomic E-state index is 0.207. The van der Waals surface area contributed by atoms with Crippen molar-refractivity contribution in [2.75, 3.05) is 18.0 Å². The van der Waals surface area contributed by atoms with E-state index in [1.54, 1.807) is 0 Å². The van der Waals surface area contributed by atoms with Crippen molar-refractivity contribution in [1.82, 2.24) is 5.32 Å². The quantitative estimate of drug-likeness (QED) is 0.889. The highest BCUT2D eigenvalue weighted by atomic mass is 35.5. The predicted octanol–water partition coefficient (Wildman–Crippen LogP) is 3.96. The fourth-order valence-corrected chi connectivity index (χ4v) is 3.47. The fraction of sp³-hybridized carbons (Fsp3) is 0.600. The van der Waals surface area contributed by atoms with Crippen LogP contribution in [0, 0.1) is 5.92 Å². The summed E-state index contributed by atoms with van der Waals surface area (Å²) in [6.07, 6.45) is 2.68. The number of piperazine rings is 1. The maximum atomic E-state index is 6.36. The highest BCUT2D eigenvalue weighted by Crippen LogP contribution is 2.43. The Morgan fingerprint density at radius 2 is 2.05 bits per heavy atom. The van der Waals surface area contributed by atoms with E-state index in [-0.39, 0.29) is 5.54 Å². The summed E-state index contributed by atoms with van der Waals surface area (Å²) in [7, 11) is 0. The molecule has 1 N–H and O–H groups in total. The summed E-state index contributed by atoms with van der Waals surface area (Å²) in [4.78, 5) is 2.41. The molecule has 2 atom stereocenters. The third kappa shape index (κ3) is 2.58. The highest BCUT2D eigenvalue weighted by Gasteiger charge is 2.45. The average molecular weight is 299 g/mol. The van der Waals surface area contributed by atoms with Crippen LogP contribution >= 0.6 is 23.2 Å². The summed E-state index contributed by atoms with van der Waals surface area (Å²) in [5.74, 6) is 0.806. The minimum atomic E-state index is 0.207. The Morgan fingerprint density at radius 3 is 2.74 bits per heavy atom. The van der Waals surface area contributed by atoms with Crippen molar-refractivity contribution >= 4 is 28.9 Å². The molecule has 2 nitrogen and oxygen atoms in total. The molecule has 19 heavy (non-hydrogen) atoms. The van der Waals surface area contributed by atoms with Gasteiger partial charge in [0.05, 0.1) is 10.7 Å². The molecule has 0 radical (unpaired) electrons. The van der Waals surface area contributed by atoms with Gasteiger partial charge >= 0.3 is 0 Å². The smallest absolute Gasteiger partial charge is 0.0640 e. The minimum Gasteiger partial charge on any atom is -0.364 e. The van der Waals surface area contributed by atoms with Crippen LogP contribution in [0.1, 0.15) is 26.7 Å². The van der Waals surface area contributed by atoms with Gasteiger partial charge in [0.1, 0.15) is 0 Å². The highest BCUT2D eigenvalue weighted by molar-refractivity contribution is 6.35. The maximum absolute atomic E-state index is 6.36. The van der Waals surface area contributed by atoms with E-state index in [9.17, 15) is 0 Å². The summed E-state index contributed by atoms with van der Waals surface area (Å²) in [6, 6.07) is 6.16. The molecule has 2 fully saturated rings. The molecule has 1 saturated carbocycles. The van der Waals surface area contributed by atoms with Crippen LogP contribution < -0.4 is 10.2 Å². The molecule has 2 aliphatic rings. The van der Waals surface area contributed by atoms with Gasteiger partial charge in [0, 0.05) is 29.7 Å². The molecular weight excluding hydrogens is 279 g/mol. The Labute approximate surface area is 125 Å². The Bertz CT molecular complexity index is 487. The van der Waals surface area contributed by atoms with E-state index in [0.717, 1.165) is 34.7 Å². The first-order valence-corrected chi connectivity index (χ1v) is 7.72. The molecule has 4 heteroatoms. The summed E-state index contributed by atoms with van der Waals surface area (Å²) < 4.78 is 0. The monoisotopic (exact) mass is 298 g/mol. The second-order valence-corrected chi connectivity index (χ2v) is 6.99. The second kappa shape index (κ2) is 4.83. The van der Waals surface area contributed by atoms with Crippen molar-refractivity contribution < 1.29 is 0 Å². The summed E-state index contributed by atoms with van der Waals surface area (Å²) in [6.45, 7) is 6.56. The lowest BCUT2D eigenvalue weighted by Gasteiger charge is -2.47. The molecule has 1 saturated heterocycles. The number of benzene rings is 1. The molecule has 104 valence electrons. The molecule has 1 aliphatic heterocycles. The van der Waals surface area contributed by atoms with E-state index in [0.29, 0.717) is 6.04 Å². The van der Waals surface area contributed by atoms with Gasteiger partial charge in [-0.2, -0.15) is 0 Å². The molecule has 1 aromatic rings. The summed E-state index contributed by atoms with van der Waals surface area (Å²) >= 11 is 12.5. The molecular formula is C15H20Cl2N2. The van der Waals surface area contributed by atoms with Crippen LogP contribution in [0.4, 0.5) is 5.69 Å². The van der Waals surface area contributed by atoms with E-state index in [4.69, 9.17) is 23.2 Å². The maximum Gasteiger partial charge on any atom is 0.0640 e. The van der Waals surface area contributed by atoms with Gasteiger partial charge in [-0.3, -0.25) is 0 Å². The average Bonchev–Trinajstić information content (AvgIpc) is 3.20. The van der Waals surface area contributed by atoms with Gasteiger partial charge in [-0.25, -0.2) is 0 Å². The number of nitrogens with one attached hydrogen (secondary N) is 1. The third-order valence-corrected chi connectivity index (χ3v) is 5.08. The number of halogens is 2. The SMILES string of the molecule is CC1CNC(C)(C2CC2)CN1c1cc(Cl)ccc1Cl. The van der Waals surface area contributed by atoms with E-state index in [2.05, 4.69) is 24.1 Å². The Morgan fingerprint density at radius 1 is 1.32 bits per heavy atom. The van der Waals surface area contributed by atoms with Gasteiger partial charge in [-0.1, -0.05) is 23.2 Å². The predicted molar refractivity (Wildman–Crippen MR) is 82.4 cm³/mol. The van der Waals surface area contributed by atoms with Gasteiger partial charge in [-0.15, -0.1) is 0 Å². The van der Waals surface area contributed by atoms with Crippen molar-refractivity contribution in [3.63, 3.8) is 0 Å². The number of nitrogens with zero attached hydrogens (tertiary/aromatic N) is 1. The molecule has 0 aromatic heterocycles. The lowest BCUT2D eigenvalue weighted by Crippen LogP contribution is -2.63. The van der Waals surface area contributed by atoms with Crippen molar-refractivity contribution in [3.8, 4) is 0 Å². The van der Waals surface area contributed by atoms with E-state index < -0.39 is 0 Å².